The van der Waals surface area contributed by atoms with Crippen LogP contribution in [-0.4, -0.2) is 58.1 Å². The summed E-state index contributed by atoms with van der Waals surface area (Å²) in [4.78, 5) is 45.2. The van der Waals surface area contributed by atoms with E-state index >= 15 is 0 Å². The van der Waals surface area contributed by atoms with E-state index in [4.69, 9.17) is 43.5 Å². The highest BCUT2D eigenvalue weighted by molar-refractivity contribution is 9.10. The summed E-state index contributed by atoms with van der Waals surface area (Å²) in [6, 6.07) is 34.6. The molecule has 0 unspecified atom stereocenters. The van der Waals surface area contributed by atoms with Crippen LogP contribution in [0.4, 0.5) is 0 Å². The molecule has 59 heavy (non-hydrogen) atoms. The lowest BCUT2D eigenvalue weighted by Crippen LogP contribution is -2.29. The minimum atomic E-state index is -4.03. The van der Waals surface area contributed by atoms with Crippen LogP contribution in [0.15, 0.2) is 148 Å². The maximum absolute atomic E-state index is 12.7. The Morgan fingerprint density at radius 2 is 0.864 bits per heavy atom. The van der Waals surface area contributed by atoms with Crippen LogP contribution in [-0.2, 0) is 20.0 Å². The molecule has 0 saturated heterocycles. The topological polar surface area (TPSA) is 229 Å². The molecule has 6 N–H and O–H groups in total. The van der Waals surface area contributed by atoms with Gasteiger partial charge in [-0.1, -0.05) is 119 Å². The third kappa shape index (κ3) is 13.4. The molecule has 0 fully saturated rings. The maximum atomic E-state index is 12.7. The van der Waals surface area contributed by atoms with E-state index in [1.807, 2.05) is 12.1 Å². The first-order valence-corrected chi connectivity index (χ1v) is 21.0. The van der Waals surface area contributed by atoms with Crippen molar-refractivity contribution in [2.24, 2.45) is 10.3 Å². The predicted octanol–water partition coefficient (Wildman–Crippen LogP) is 6.49. The van der Waals surface area contributed by atoms with Gasteiger partial charge in [0.05, 0.1) is 10.0 Å². The molecule has 0 bridgehead atoms. The van der Waals surface area contributed by atoms with Crippen molar-refractivity contribution in [1.29, 1.82) is 0 Å². The second-order valence-corrected chi connectivity index (χ2v) is 16.8. The fourth-order valence-corrected chi connectivity index (χ4v) is 7.38. The number of nitrogens with two attached hydrogens (primary N) is 2. The van der Waals surface area contributed by atoms with E-state index in [0.717, 1.165) is 21.9 Å². The summed E-state index contributed by atoms with van der Waals surface area (Å²) in [5.74, 6) is -0.654. The summed E-state index contributed by atoms with van der Waals surface area (Å²) in [7, 11) is -9.46. The van der Waals surface area contributed by atoms with Gasteiger partial charge in [0.15, 0.2) is 11.6 Å². The van der Waals surface area contributed by atoms with Crippen LogP contribution in [0.1, 0.15) is 60.0 Å². The molecule has 0 amide bonds. The Bertz CT molecular complexity index is 2680. The quantitative estimate of drug-likeness (QED) is 0.0663. The number of primary sulfonamides is 2. The first kappa shape index (κ1) is 48.2. The number of rotatable bonds is 10. The van der Waals surface area contributed by atoms with Crippen LogP contribution in [0.25, 0.3) is 11.1 Å². The molecule has 0 aromatic heterocycles. The van der Waals surface area contributed by atoms with Crippen LogP contribution in [0.5, 0.6) is 0 Å². The van der Waals surface area contributed by atoms with Gasteiger partial charge in [-0.25, -0.2) is 27.1 Å². The zero-order valence-electron chi connectivity index (χ0n) is 29.7. The largest absolute Gasteiger partial charge is 0.488 e. The standard InChI is InChI=1S/C20H14ClNO4S.C13H9BrClNO3S.C7H7BO3.CH4/c21-18-10-9-17(11-19(18)27(22,25)26)20(24)16-7-5-15(6-8-16)14-3-1-13(12-23)2-4-14;14-10-4-1-8(2-5-10)13(17)9-3-6-11(15)12(7-9)20(16,18)19;9-5-6-1-3-7(4-2-6)8(10)11;/h1-12H,(H2,22,25,26);1-7H,(H2,16,18,19);1-5,10-11H;1H4. The average Bonchev–Trinajstić information content (AvgIpc) is 3.20. The summed E-state index contributed by atoms with van der Waals surface area (Å²) in [6.07, 6.45) is 1.47. The van der Waals surface area contributed by atoms with Gasteiger partial charge in [0.2, 0.25) is 20.0 Å². The molecule has 0 atom stereocenters. The summed E-state index contributed by atoms with van der Waals surface area (Å²) >= 11 is 14.9. The van der Waals surface area contributed by atoms with Crippen molar-refractivity contribution in [3.05, 3.63) is 181 Å². The fraction of sp³-hybridized carbons (Fsp3) is 0.0244. The van der Waals surface area contributed by atoms with Crippen molar-refractivity contribution in [3.8, 4) is 11.1 Å². The van der Waals surface area contributed by atoms with Crippen LogP contribution >= 0.6 is 39.1 Å². The average molecular weight is 940 g/mol. The Balaban J connectivity index is 0.000000255. The van der Waals surface area contributed by atoms with Crippen molar-refractivity contribution in [3.63, 3.8) is 0 Å². The summed E-state index contributed by atoms with van der Waals surface area (Å²) < 4.78 is 46.8. The predicted molar refractivity (Wildman–Crippen MR) is 232 cm³/mol. The molecule has 0 heterocycles. The molecule has 0 saturated carbocycles. The zero-order valence-corrected chi connectivity index (χ0v) is 34.4. The number of carbonyl (C=O) groups excluding carboxylic acids is 4. The van der Waals surface area contributed by atoms with Gasteiger partial charge in [-0.3, -0.25) is 19.2 Å². The van der Waals surface area contributed by atoms with E-state index < -0.39 is 27.2 Å². The molecule has 6 aromatic carbocycles. The van der Waals surface area contributed by atoms with Crippen LogP contribution in [0.2, 0.25) is 10.0 Å². The fourth-order valence-electron chi connectivity index (χ4n) is 4.97. The van der Waals surface area contributed by atoms with Gasteiger partial charge in [-0.2, -0.15) is 0 Å². The molecular formula is C41H34BBrCl2N2O10S2. The molecule has 6 aromatic rings. The summed E-state index contributed by atoms with van der Waals surface area (Å²) in [5, 5.41) is 27.4. The Kier molecular flexibility index (Phi) is 17.3. The summed E-state index contributed by atoms with van der Waals surface area (Å²) in [6.45, 7) is 0. The molecule has 0 aliphatic rings. The van der Waals surface area contributed by atoms with Crippen molar-refractivity contribution < 1.29 is 46.1 Å². The number of aldehydes is 2. The molecule has 18 heteroatoms. The van der Waals surface area contributed by atoms with E-state index in [1.54, 1.807) is 60.7 Å². The maximum Gasteiger partial charge on any atom is 0.488 e. The number of sulfonamides is 2. The first-order chi connectivity index (χ1) is 27.3. The number of ketones is 2. The number of carbonyl (C=O) groups is 4. The van der Waals surface area contributed by atoms with Crippen molar-refractivity contribution >= 4 is 95.9 Å². The van der Waals surface area contributed by atoms with Gasteiger partial charge >= 0.3 is 7.12 Å². The molecule has 0 radical (unpaired) electrons. The van der Waals surface area contributed by atoms with Crippen molar-refractivity contribution in [2.45, 2.75) is 17.2 Å². The molecule has 12 nitrogen and oxygen atoms in total. The highest BCUT2D eigenvalue weighted by atomic mass is 79.9. The monoisotopic (exact) mass is 938 g/mol. The molecule has 0 aliphatic carbocycles. The SMILES string of the molecule is C.NS(=O)(=O)c1cc(C(=O)c2ccc(-c3ccc(C=O)cc3)cc2)ccc1Cl.NS(=O)(=O)c1cc(C(=O)c2ccc(Br)cc2)ccc1Cl.O=Cc1ccc(B(O)O)cc1. The van der Waals surface area contributed by atoms with Crippen LogP contribution in [0, 0.1) is 0 Å². The smallest absolute Gasteiger partial charge is 0.423 e. The molecule has 6 rings (SSSR count). The lowest BCUT2D eigenvalue weighted by molar-refractivity contribution is 0.103. The van der Waals surface area contributed by atoms with E-state index in [2.05, 4.69) is 15.9 Å². The Morgan fingerprint density at radius 1 is 0.542 bits per heavy atom. The third-order valence-corrected chi connectivity index (χ3v) is 11.3. The minimum Gasteiger partial charge on any atom is -0.423 e. The van der Waals surface area contributed by atoms with Crippen molar-refractivity contribution in [1.82, 2.24) is 0 Å². The molecule has 0 aliphatic heterocycles. The van der Waals surface area contributed by atoms with Crippen molar-refractivity contribution in [2.75, 3.05) is 0 Å². The van der Waals surface area contributed by atoms with Gasteiger partial charge in [-0.15, -0.1) is 0 Å². The number of benzene rings is 6. The van der Waals surface area contributed by atoms with Crippen LogP contribution < -0.4 is 15.7 Å². The Morgan fingerprint density at radius 3 is 1.20 bits per heavy atom. The summed E-state index contributed by atoms with van der Waals surface area (Å²) in [5.41, 5.74) is 4.49. The van der Waals surface area contributed by atoms with E-state index in [1.165, 1.54) is 60.7 Å². The number of halogens is 3. The van der Waals surface area contributed by atoms with Gasteiger partial charge in [0.1, 0.15) is 22.4 Å². The number of hydrogen-bond donors (Lipinski definition) is 4. The molecule has 304 valence electrons. The molecular weight excluding hydrogens is 906 g/mol. The van der Waals surface area contributed by atoms with Gasteiger partial charge in [0, 0.05) is 37.9 Å². The van der Waals surface area contributed by atoms with Gasteiger partial charge in [-0.05, 0) is 77.3 Å². The van der Waals surface area contributed by atoms with Crippen LogP contribution in [0.3, 0.4) is 0 Å². The van der Waals surface area contributed by atoms with E-state index in [0.29, 0.717) is 34.0 Å². The second kappa shape index (κ2) is 21.2. The highest BCUT2D eigenvalue weighted by Crippen LogP contribution is 2.26. The zero-order chi connectivity index (χ0) is 42.8. The molecule has 0 spiro atoms. The van der Waals surface area contributed by atoms with E-state index in [-0.39, 0.29) is 50.0 Å². The minimum absolute atomic E-state index is 0. The normalized spacial score (nSPS) is 10.7. The third-order valence-electron chi connectivity index (χ3n) is 8.00. The number of hydrogen-bond acceptors (Lipinski definition) is 10. The lowest BCUT2D eigenvalue weighted by Gasteiger charge is -2.07. The van der Waals surface area contributed by atoms with Gasteiger partial charge in [0.25, 0.3) is 0 Å². The highest BCUT2D eigenvalue weighted by Gasteiger charge is 2.19. The Hall–Kier alpha value is -5.14. The van der Waals surface area contributed by atoms with Gasteiger partial charge < -0.3 is 10.0 Å². The van der Waals surface area contributed by atoms with E-state index in [9.17, 15) is 36.0 Å². The lowest BCUT2D eigenvalue weighted by atomic mass is 9.80. The first-order valence-electron chi connectivity index (χ1n) is 16.4. The second-order valence-electron chi connectivity index (χ2n) is 12.0. The Labute approximate surface area is 359 Å².